The summed E-state index contributed by atoms with van der Waals surface area (Å²) in [5.74, 6) is 0.112. The van der Waals surface area contributed by atoms with Crippen molar-refractivity contribution in [3.63, 3.8) is 0 Å². The normalized spacial score (nSPS) is 10.9. The van der Waals surface area contributed by atoms with Crippen LogP contribution in [0.3, 0.4) is 0 Å². The van der Waals surface area contributed by atoms with Crippen molar-refractivity contribution in [2.75, 3.05) is 0 Å². The van der Waals surface area contributed by atoms with Gasteiger partial charge in [-0.3, -0.25) is 4.79 Å². The Hall–Kier alpha value is -3.00. The van der Waals surface area contributed by atoms with Gasteiger partial charge in [0.05, 0.1) is 0 Å². The predicted octanol–water partition coefficient (Wildman–Crippen LogP) is 4.34. The first-order chi connectivity index (χ1) is 11.7. The highest BCUT2D eigenvalue weighted by atomic mass is 16.1. The van der Waals surface area contributed by atoms with E-state index < -0.39 is 0 Å². The fourth-order valence-corrected chi connectivity index (χ4v) is 2.66. The highest BCUT2D eigenvalue weighted by Crippen LogP contribution is 2.09. The van der Waals surface area contributed by atoms with E-state index in [4.69, 9.17) is 0 Å². The Kier molecular flexibility index (Phi) is 4.97. The summed E-state index contributed by atoms with van der Waals surface area (Å²) >= 11 is 0. The van der Waals surface area contributed by atoms with Gasteiger partial charge in [-0.2, -0.15) is 4.57 Å². The van der Waals surface area contributed by atoms with E-state index in [2.05, 4.69) is 37.3 Å². The number of pyridine rings is 1. The molecular weight excluding hydrogens is 294 g/mol. The van der Waals surface area contributed by atoms with Crippen molar-refractivity contribution in [3.05, 3.63) is 101 Å². The van der Waals surface area contributed by atoms with Crippen LogP contribution in [0.15, 0.2) is 79.0 Å². The number of ketones is 1. The number of hydrogen-bond donors (Lipinski definition) is 0. The standard InChI is InChI=1S/C22H20NO/c1-18-9-8-16-23(17-22(24)20-12-6-3-7-13-20)21(18)15-14-19-10-4-2-5-11-19/h2-16H,17H2,1H3/q+1/b15-14+. The quantitative estimate of drug-likeness (QED) is 0.507. The van der Waals surface area contributed by atoms with Gasteiger partial charge in [-0.25, -0.2) is 0 Å². The first kappa shape index (κ1) is 15.9. The van der Waals surface area contributed by atoms with Crippen molar-refractivity contribution in [3.8, 4) is 0 Å². The summed E-state index contributed by atoms with van der Waals surface area (Å²) in [4.78, 5) is 12.5. The number of aromatic nitrogens is 1. The molecule has 0 atom stereocenters. The highest BCUT2D eigenvalue weighted by molar-refractivity contribution is 5.95. The van der Waals surface area contributed by atoms with Crippen molar-refractivity contribution < 1.29 is 9.36 Å². The van der Waals surface area contributed by atoms with Crippen molar-refractivity contribution in [2.45, 2.75) is 13.5 Å². The van der Waals surface area contributed by atoms with Crippen LogP contribution in [0.2, 0.25) is 0 Å². The molecule has 118 valence electrons. The Bertz CT molecular complexity index is 852. The minimum Gasteiger partial charge on any atom is -0.287 e. The first-order valence-electron chi connectivity index (χ1n) is 8.04. The first-order valence-corrected chi connectivity index (χ1v) is 8.04. The number of hydrogen-bond acceptors (Lipinski definition) is 1. The number of rotatable bonds is 5. The van der Waals surface area contributed by atoms with Gasteiger partial charge in [0.15, 0.2) is 6.20 Å². The third-order valence-electron chi connectivity index (χ3n) is 3.97. The van der Waals surface area contributed by atoms with Gasteiger partial charge in [0.1, 0.15) is 0 Å². The summed E-state index contributed by atoms with van der Waals surface area (Å²) in [5, 5.41) is 0. The maximum Gasteiger partial charge on any atom is 0.227 e. The molecule has 0 fully saturated rings. The van der Waals surface area contributed by atoms with Crippen LogP contribution in [0.5, 0.6) is 0 Å². The molecule has 24 heavy (non-hydrogen) atoms. The van der Waals surface area contributed by atoms with Gasteiger partial charge in [0.2, 0.25) is 18.0 Å². The Balaban J connectivity index is 1.88. The van der Waals surface area contributed by atoms with Crippen molar-refractivity contribution in [2.24, 2.45) is 0 Å². The molecule has 0 N–H and O–H groups in total. The molecule has 0 bridgehead atoms. The molecule has 1 aromatic heterocycles. The van der Waals surface area contributed by atoms with Gasteiger partial charge in [-0.15, -0.1) is 0 Å². The van der Waals surface area contributed by atoms with Gasteiger partial charge >= 0.3 is 0 Å². The van der Waals surface area contributed by atoms with Crippen LogP contribution < -0.4 is 4.57 Å². The summed E-state index contributed by atoms with van der Waals surface area (Å²) in [6.07, 6.45) is 6.10. The van der Waals surface area contributed by atoms with Gasteiger partial charge < -0.3 is 0 Å². The lowest BCUT2D eigenvalue weighted by molar-refractivity contribution is -0.685. The fourth-order valence-electron chi connectivity index (χ4n) is 2.66. The third-order valence-corrected chi connectivity index (χ3v) is 3.97. The molecule has 3 rings (SSSR count). The largest absolute Gasteiger partial charge is 0.287 e. The number of aryl methyl sites for hydroxylation is 1. The molecule has 0 aliphatic heterocycles. The molecule has 0 aliphatic carbocycles. The minimum atomic E-state index is 0.112. The van der Waals surface area contributed by atoms with E-state index in [9.17, 15) is 4.79 Å². The average Bonchev–Trinajstić information content (AvgIpc) is 2.63. The van der Waals surface area contributed by atoms with E-state index in [1.165, 1.54) is 0 Å². The molecule has 0 amide bonds. The molecule has 3 aromatic rings. The number of Topliss-reactive ketones (excluding diaryl/α,β-unsaturated/α-hetero) is 1. The van der Waals surface area contributed by atoms with Crippen molar-refractivity contribution in [1.29, 1.82) is 0 Å². The SMILES string of the molecule is Cc1ccc[n+](CC(=O)c2ccccc2)c1/C=C/c1ccccc1. The van der Waals surface area contributed by atoms with Gasteiger partial charge in [0.25, 0.3) is 0 Å². The zero-order valence-electron chi connectivity index (χ0n) is 13.7. The molecule has 1 heterocycles. The smallest absolute Gasteiger partial charge is 0.227 e. The van der Waals surface area contributed by atoms with Crippen molar-refractivity contribution in [1.82, 2.24) is 0 Å². The Morgan fingerprint density at radius 2 is 1.54 bits per heavy atom. The van der Waals surface area contributed by atoms with Crippen LogP contribution >= 0.6 is 0 Å². The summed E-state index contributed by atoms with van der Waals surface area (Å²) in [7, 11) is 0. The van der Waals surface area contributed by atoms with E-state index in [0.29, 0.717) is 6.54 Å². The number of carbonyl (C=O) groups is 1. The average molecular weight is 314 g/mol. The maximum atomic E-state index is 12.5. The van der Waals surface area contributed by atoms with E-state index >= 15 is 0 Å². The second kappa shape index (κ2) is 7.51. The lowest BCUT2D eigenvalue weighted by atomic mass is 10.1. The molecule has 0 saturated heterocycles. The zero-order valence-corrected chi connectivity index (χ0v) is 13.7. The molecular formula is C22H20NO+. The second-order valence-electron chi connectivity index (χ2n) is 5.74. The van der Waals surface area contributed by atoms with E-state index in [0.717, 1.165) is 22.4 Å². The topological polar surface area (TPSA) is 20.9 Å². The Morgan fingerprint density at radius 1 is 0.875 bits per heavy atom. The van der Waals surface area contributed by atoms with Gasteiger partial charge in [-0.1, -0.05) is 60.7 Å². The number of nitrogens with zero attached hydrogens (tertiary/aromatic N) is 1. The van der Waals surface area contributed by atoms with E-state index in [1.54, 1.807) is 0 Å². The summed E-state index contributed by atoms with van der Waals surface area (Å²) in [6.45, 7) is 2.40. The number of carbonyl (C=O) groups excluding carboxylic acids is 1. The van der Waals surface area contributed by atoms with E-state index in [1.807, 2.05) is 65.4 Å². The fraction of sp³-hybridized carbons (Fsp3) is 0.0909. The Morgan fingerprint density at radius 3 is 2.25 bits per heavy atom. The lowest BCUT2D eigenvalue weighted by Crippen LogP contribution is -2.41. The van der Waals surface area contributed by atoms with Crippen molar-refractivity contribution >= 4 is 17.9 Å². The zero-order chi connectivity index (χ0) is 16.8. The van der Waals surface area contributed by atoms with Crippen LogP contribution in [0, 0.1) is 6.92 Å². The van der Waals surface area contributed by atoms with Gasteiger partial charge in [0, 0.05) is 23.3 Å². The molecule has 2 heteroatoms. The number of benzene rings is 2. The molecule has 0 radical (unpaired) electrons. The van der Waals surface area contributed by atoms with Gasteiger partial charge in [-0.05, 0) is 24.6 Å². The Labute approximate surface area is 142 Å². The maximum absolute atomic E-state index is 12.5. The monoisotopic (exact) mass is 314 g/mol. The van der Waals surface area contributed by atoms with Crippen LogP contribution in [-0.4, -0.2) is 5.78 Å². The summed E-state index contributed by atoms with van der Waals surface area (Å²) in [6, 6.07) is 23.6. The highest BCUT2D eigenvalue weighted by Gasteiger charge is 2.16. The molecule has 0 unspecified atom stereocenters. The molecule has 0 saturated carbocycles. The molecule has 2 aromatic carbocycles. The second-order valence-corrected chi connectivity index (χ2v) is 5.74. The van der Waals surface area contributed by atoms with E-state index in [-0.39, 0.29) is 5.78 Å². The van der Waals surface area contributed by atoms with Crippen LogP contribution in [0.25, 0.3) is 12.2 Å². The lowest BCUT2D eigenvalue weighted by Gasteiger charge is -2.03. The molecule has 0 spiro atoms. The summed E-state index contributed by atoms with van der Waals surface area (Å²) < 4.78 is 2.00. The predicted molar refractivity (Wildman–Crippen MR) is 97.5 cm³/mol. The molecule has 0 aliphatic rings. The van der Waals surface area contributed by atoms with Crippen LogP contribution in [-0.2, 0) is 6.54 Å². The van der Waals surface area contributed by atoms with Crippen LogP contribution in [0.4, 0.5) is 0 Å². The molecule has 2 nitrogen and oxygen atoms in total. The summed E-state index contributed by atoms with van der Waals surface area (Å²) in [5.41, 5.74) is 4.07. The third kappa shape index (κ3) is 3.85. The minimum absolute atomic E-state index is 0.112. The van der Waals surface area contributed by atoms with Crippen LogP contribution in [0.1, 0.15) is 27.2 Å².